The highest BCUT2D eigenvalue weighted by Gasteiger charge is 2.21. The standard InChI is InChI=1S/C19H31N3O.ClH/c1-4-20-13-17-9-11-22(12-10-17)15-19(23)21(3)14-18-8-6-5-7-16(18)2;/h5-8,17,20H,4,9-15H2,1-3H3;1H. The fraction of sp³-hybridized carbons (Fsp3) is 0.632. The van der Waals surface area contributed by atoms with Crippen LogP contribution in [0.2, 0.25) is 0 Å². The second-order valence-corrected chi connectivity index (χ2v) is 6.70. The van der Waals surface area contributed by atoms with Crippen molar-refractivity contribution in [3.8, 4) is 0 Å². The summed E-state index contributed by atoms with van der Waals surface area (Å²) in [7, 11) is 1.91. The molecule has 4 nitrogen and oxygen atoms in total. The van der Waals surface area contributed by atoms with E-state index in [1.54, 1.807) is 0 Å². The minimum Gasteiger partial charge on any atom is -0.340 e. The minimum atomic E-state index is 0. The average Bonchev–Trinajstić information content (AvgIpc) is 2.56. The molecule has 0 bridgehead atoms. The predicted molar refractivity (Wildman–Crippen MR) is 103 cm³/mol. The van der Waals surface area contributed by atoms with Gasteiger partial charge in [-0.3, -0.25) is 9.69 Å². The highest BCUT2D eigenvalue weighted by molar-refractivity contribution is 5.85. The molecule has 2 rings (SSSR count). The Labute approximate surface area is 153 Å². The summed E-state index contributed by atoms with van der Waals surface area (Å²) in [5.41, 5.74) is 2.48. The van der Waals surface area contributed by atoms with Gasteiger partial charge >= 0.3 is 0 Å². The van der Waals surface area contributed by atoms with Crippen molar-refractivity contribution in [2.24, 2.45) is 5.92 Å². The maximum atomic E-state index is 12.5. The van der Waals surface area contributed by atoms with Crippen molar-refractivity contribution < 1.29 is 4.79 Å². The number of hydrogen-bond acceptors (Lipinski definition) is 3. The molecule has 0 aromatic heterocycles. The first kappa shape index (κ1) is 20.9. The van der Waals surface area contributed by atoms with Gasteiger partial charge in [0, 0.05) is 13.6 Å². The Morgan fingerprint density at radius 3 is 2.58 bits per heavy atom. The number of likely N-dealkylation sites (N-methyl/N-ethyl adjacent to an activating group) is 1. The number of halogens is 1. The van der Waals surface area contributed by atoms with Crippen molar-refractivity contribution >= 4 is 18.3 Å². The lowest BCUT2D eigenvalue weighted by atomic mass is 9.97. The van der Waals surface area contributed by atoms with E-state index < -0.39 is 0 Å². The van der Waals surface area contributed by atoms with Gasteiger partial charge in [0.15, 0.2) is 0 Å². The molecular formula is C19H32ClN3O. The quantitative estimate of drug-likeness (QED) is 0.818. The molecule has 0 atom stereocenters. The van der Waals surface area contributed by atoms with E-state index in [2.05, 4.69) is 36.2 Å². The number of carbonyl (C=O) groups is 1. The third-order valence-electron chi connectivity index (χ3n) is 4.84. The molecule has 1 aliphatic rings. The summed E-state index contributed by atoms with van der Waals surface area (Å²) in [6.07, 6.45) is 2.39. The van der Waals surface area contributed by atoms with Crippen molar-refractivity contribution in [2.75, 3.05) is 39.8 Å². The molecule has 5 heteroatoms. The fourth-order valence-electron chi connectivity index (χ4n) is 3.14. The van der Waals surface area contributed by atoms with Crippen LogP contribution in [0.1, 0.15) is 30.9 Å². The van der Waals surface area contributed by atoms with E-state index in [0.717, 1.165) is 32.1 Å². The molecule has 1 aromatic carbocycles. The largest absolute Gasteiger partial charge is 0.340 e. The van der Waals surface area contributed by atoms with E-state index in [0.29, 0.717) is 13.1 Å². The first-order valence-corrected chi connectivity index (χ1v) is 8.81. The molecule has 1 saturated heterocycles. The summed E-state index contributed by atoms with van der Waals surface area (Å²) in [5.74, 6) is 0.990. The molecular weight excluding hydrogens is 322 g/mol. The van der Waals surface area contributed by atoms with Gasteiger partial charge in [-0.1, -0.05) is 31.2 Å². The topological polar surface area (TPSA) is 35.6 Å². The Morgan fingerprint density at radius 2 is 1.96 bits per heavy atom. The van der Waals surface area contributed by atoms with Gasteiger partial charge in [-0.15, -0.1) is 12.4 Å². The van der Waals surface area contributed by atoms with Crippen molar-refractivity contribution in [1.82, 2.24) is 15.1 Å². The number of carbonyl (C=O) groups excluding carboxylic acids is 1. The van der Waals surface area contributed by atoms with E-state index in [-0.39, 0.29) is 18.3 Å². The molecule has 0 spiro atoms. The number of likely N-dealkylation sites (tertiary alicyclic amines) is 1. The number of piperidine rings is 1. The van der Waals surface area contributed by atoms with Crippen molar-refractivity contribution in [1.29, 1.82) is 0 Å². The van der Waals surface area contributed by atoms with Crippen molar-refractivity contribution in [3.05, 3.63) is 35.4 Å². The van der Waals surface area contributed by atoms with E-state index in [1.807, 2.05) is 24.1 Å². The lowest BCUT2D eigenvalue weighted by molar-refractivity contribution is -0.132. The zero-order valence-electron chi connectivity index (χ0n) is 15.3. The Hall–Kier alpha value is -1.10. The van der Waals surface area contributed by atoms with Crippen LogP contribution < -0.4 is 5.32 Å². The fourth-order valence-corrected chi connectivity index (χ4v) is 3.14. The lowest BCUT2D eigenvalue weighted by Crippen LogP contribution is -2.43. The Bertz CT molecular complexity index is 501. The number of nitrogens with zero attached hydrogens (tertiary/aromatic N) is 2. The zero-order chi connectivity index (χ0) is 16.7. The Morgan fingerprint density at radius 1 is 1.29 bits per heavy atom. The predicted octanol–water partition coefficient (Wildman–Crippen LogP) is 2.70. The molecule has 1 heterocycles. The van der Waals surface area contributed by atoms with Gasteiger partial charge in [-0.25, -0.2) is 0 Å². The summed E-state index contributed by atoms with van der Waals surface area (Å²) in [4.78, 5) is 16.6. The van der Waals surface area contributed by atoms with Crippen LogP contribution in [0.5, 0.6) is 0 Å². The second-order valence-electron chi connectivity index (χ2n) is 6.70. The van der Waals surface area contributed by atoms with Crippen LogP contribution in [-0.4, -0.2) is 55.5 Å². The normalized spacial score (nSPS) is 15.8. The lowest BCUT2D eigenvalue weighted by Gasteiger charge is -2.32. The number of benzene rings is 1. The molecule has 1 aliphatic heterocycles. The highest BCUT2D eigenvalue weighted by atomic mass is 35.5. The molecule has 0 unspecified atom stereocenters. The first-order valence-electron chi connectivity index (χ1n) is 8.81. The number of nitrogens with one attached hydrogen (secondary N) is 1. The SMILES string of the molecule is CCNCC1CCN(CC(=O)N(C)Cc2ccccc2C)CC1.Cl. The molecule has 1 N–H and O–H groups in total. The smallest absolute Gasteiger partial charge is 0.236 e. The summed E-state index contributed by atoms with van der Waals surface area (Å²) in [6.45, 7) is 9.74. The van der Waals surface area contributed by atoms with Crippen LogP contribution in [0.25, 0.3) is 0 Å². The highest BCUT2D eigenvalue weighted by Crippen LogP contribution is 2.16. The zero-order valence-corrected chi connectivity index (χ0v) is 16.1. The second kappa shape index (κ2) is 10.7. The molecule has 1 fully saturated rings. The van der Waals surface area contributed by atoms with Crippen molar-refractivity contribution in [3.63, 3.8) is 0 Å². The number of hydrogen-bond donors (Lipinski definition) is 1. The monoisotopic (exact) mass is 353 g/mol. The van der Waals surface area contributed by atoms with Gasteiger partial charge in [-0.2, -0.15) is 0 Å². The van der Waals surface area contributed by atoms with Crippen molar-refractivity contribution in [2.45, 2.75) is 33.2 Å². The van der Waals surface area contributed by atoms with Gasteiger partial charge in [-0.05, 0) is 63.0 Å². The van der Waals surface area contributed by atoms with E-state index in [9.17, 15) is 4.79 Å². The van der Waals surface area contributed by atoms with Gasteiger partial charge in [0.05, 0.1) is 6.54 Å². The number of amides is 1. The minimum absolute atomic E-state index is 0. The van der Waals surface area contributed by atoms with E-state index >= 15 is 0 Å². The molecule has 24 heavy (non-hydrogen) atoms. The summed E-state index contributed by atoms with van der Waals surface area (Å²) < 4.78 is 0. The summed E-state index contributed by atoms with van der Waals surface area (Å²) in [6, 6.07) is 8.28. The molecule has 1 aromatic rings. The van der Waals surface area contributed by atoms with Crippen LogP contribution in [-0.2, 0) is 11.3 Å². The number of rotatable bonds is 7. The summed E-state index contributed by atoms with van der Waals surface area (Å²) >= 11 is 0. The average molecular weight is 354 g/mol. The Kier molecular flexibility index (Phi) is 9.34. The van der Waals surface area contributed by atoms with Crippen LogP contribution in [0.15, 0.2) is 24.3 Å². The van der Waals surface area contributed by atoms with Gasteiger partial charge in [0.2, 0.25) is 5.91 Å². The van der Waals surface area contributed by atoms with Crippen LogP contribution >= 0.6 is 12.4 Å². The molecule has 0 radical (unpaired) electrons. The number of aryl methyl sites for hydroxylation is 1. The first-order chi connectivity index (χ1) is 11.1. The van der Waals surface area contributed by atoms with E-state index in [4.69, 9.17) is 0 Å². The molecule has 136 valence electrons. The molecule has 0 aliphatic carbocycles. The third-order valence-corrected chi connectivity index (χ3v) is 4.84. The van der Waals surface area contributed by atoms with Gasteiger partial charge in [0.25, 0.3) is 0 Å². The maximum absolute atomic E-state index is 12.5. The maximum Gasteiger partial charge on any atom is 0.236 e. The molecule has 1 amide bonds. The van der Waals surface area contributed by atoms with Gasteiger partial charge < -0.3 is 10.2 Å². The summed E-state index contributed by atoms with van der Waals surface area (Å²) in [5, 5.41) is 3.43. The third kappa shape index (κ3) is 6.42. The van der Waals surface area contributed by atoms with Gasteiger partial charge in [0.1, 0.15) is 0 Å². The Balaban J connectivity index is 0.00000288. The van der Waals surface area contributed by atoms with E-state index in [1.165, 1.54) is 24.0 Å². The molecule has 0 saturated carbocycles. The van der Waals surface area contributed by atoms with Crippen LogP contribution in [0, 0.1) is 12.8 Å². The van der Waals surface area contributed by atoms with Crippen LogP contribution in [0.3, 0.4) is 0 Å². The van der Waals surface area contributed by atoms with Crippen LogP contribution in [0.4, 0.5) is 0 Å².